The number of H-pyrrole nitrogens is 1. The number of hydrogen-bond acceptors (Lipinski definition) is 9. The zero-order valence-electron chi connectivity index (χ0n) is 36.2. The van der Waals surface area contributed by atoms with Gasteiger partial charge < -0.3 is 34.7 Å². The molecule has 0 radical (unpaired) electrons. The monoisotopic (exact) mass is 831 g/mol. The van der Waals surface area contributed by atoms with Gasteiger partial charge in [0.15, 0.2) is 0 Å². The minimum Gasteiger partial charge on any atom is -0.372 e. The first-order valence-electron chi connectivity index (χ1n) is 22.7. The van der Waals surface area contributed by atoms with Crippen LogP contribution in [0.25, 0.3) is 10.9 Å². The number of alkyl halides is 1. The van der Waals surface area contributed by atoms with Crippen molar-refractivity contribution in [1.82, 2.24) is 35.0 Å². The van der Waals surface area contributed by atoms with Gasteiger partial charge in [-0.3, -0.25) is 14.5 Å². The van der Waals surface area contributed by atoms with Crippen LogP contribution in [0.1, 0.15) is 104 Å². The van der Waals surface area contributed by atoms with Crippen LogP contribution >= 0.6 is 0 Å². The van der Waals surface area contributed by atoms with E-state index in [1.165, 1.54) is 36.6 Å². The number of carbonyl (C=O) groups excluding carboxylic acids is 3. The summed E-state index contributed by atoms with van der Waals surface area (Å²) in [5, 5.41) is 3.91. The summed E-state index contributed by atoms with van der Waals surface area (Å²) in [6.45, 7) is 12.3. The predicted molar refractivity (Wildman–Crippen MR) is 237 cm³/mol. The van der Waals surface area contributed by atoms with Crippen molar-refractivity contribution in [2.24, 2.45) is 11.3 Å². The summed E-state index contributed by atoms with van der Waals surface area (Å²) in [6.07, 6.45) is 13.3. The highest BCUT2D eigenvalue weighted by molar-refractivity contribution is 6.01. The number of aromatic nitrogens is 3. The lowest BCUT2D eigenvalue weighted by Gasteiger charge is -2.47. The highest BCUT2D eigenvalue weighted by Gasteiger charge is 2.40. The number of rotatable bonds is 12. The maximum absolute atomic E-state index is 15.1. The number of aromatic amines is 1. The van der Waals surface area contributed by atoms with Gasteiger partial charge in [-0.05, 0) is 125 Å². The lowest BCUT2D eigenvalue weighted by molar-refractivity contribution is -0.125. The van der Waals surface area contributed by atoms with E-state index >= 15 is 4.39 Å². The fourth-order valence-corrected chi connectivity index (χ4v) is 11.2. The maximum Gasteiger partial charge on any atom is 0.255 e. The van der Waals surface area contributed by atoms with Gasteiger partial charge in [0, 0.05) is 112 Å². The number of amides is 2. The van der Waals surface area contributed by atoms with Crippen LogP contribution in [-0.2, 0) is 22.6 Å². The van der Waals surface area contributed by atoms with Crippen LogP contribution < -0.4 is 15.1 Å². The normalized spacial score (nSPS) is 21.8. The van der Waals surface area contributed by atoms with E-state index in [4.69, 9.17) is 9.97 Å². The highest BCUT2D eigenvalue weighted by Crippen LogP contribution is 2.43. The van der Waals surface area contributed by atoms with Crippen molar-refractivity contribution in [3.05, 3.63) is 82.8 Å². The molecular formula is C48H62FN9O3. The predicted octanol–water partition coefficient (Wildman–Crippen LogP) is 6.30. The van der Waals surface area contributed by atoms with Crippen LogP contribution in [0.3, 0.4) is 0 Å². The quantitative estimate of drug-likeness (QED) is 0.159. The molecule has 5 aliphatic rings. The Labute approximate surface area is 359 Å². The van der Waals surface area contributed by atoms with E-state index in [2.05, 4.69) is 66.3 Å². The molecule has 0 saturated carbocycles. The van der Waals surface area contributed by atoms with Gasteiger partial charge in [0.05, 0.1) is 6.04 Å². The van der Waals surface area contributed by atoms with Crippen LogP contribution in [0.5, 0.6) is 0 Å². The highest BCUT2D eigenvalue weighted by atomic mass is 19.1. The average Bonchev–Trinajstić information content (AvgIpc) is 3.81. The molecule has 324 valence electrons. The van der Waals surface area contributed by atoms with Crippen molar-refractivity contribution >= 4 is 40.6 Å². The Morgan fingerprint density at radius 2 is 1.70 bits per heavy atom. The molecule has 0 bridgehead atoms. The number of fused-ring (bicyclic) bond motifs is 4. The lowest BCUT2D eigenvalue weighted by Crippen LogP contribution is -2.48. The zero-order valence-corrected chi connectivity index (χ0v) is 36.2. The number of aldehydes is 1. The number of benzene rings is 2. The van der Waals surface area contributed by atoms with Crippen LogP contribution in [-0.4, -0.2) is 125 Å². The molecule has 7 heterocycles. The van der Waals surface area contributed by atoms with Gasteiger partial charge in [-0.2, -0.15) is 0 Å². The van der Waals surface area contributed by atoms with E-state index in [9.17, 15) is 14.4 Å². The third-order valence-electron chi connectivity index (χ3n) is 14.6. The molecule has 4 aromatic rings. The number of anilines is 2. The molecule has 5 aliphatic heterocycles. The van der Waals surface area contributed by atoms with E-state index in [-0.39, 0.29) is 24.3 Å². The second-order valence-corrected chi connectivity index (χ2v) is 19.1. The molecule has 13 heteroatoms. The molecule has 12 nitrogen and oxygen atoms in total. The second kappa shape index (κ2) is 17.1. The first-order valence-corrected chi connectivity index (χ1v) is 22.7. The minimum atomic E-state index is -1.32. The molecule has 1 spiro atoms. The molecule has 3 fully saturated rings. The molecule has 2 unspecified atom stereocenters. The molecule has 61 heavy (non-hydrogen) atoms. The van der Waals surface area contributed by atoms with Gasteiger partial charge in [-0.15, -0.1) is 0 Å². The van der Waals surface area contributed by atoms with Gasteiger partial charge in [0.25, 0.3) is 5.91 Å². The third kappa shape index (κ3) is 8.52. The summed E-state index contributed by atoms with van der Waals surface area (Å²) in [5.41, 5.74) is 6.40. The number of nitrogens with zero attached hydrogens (tertiary/aromatic N) is 7. The van der Waals surface area contributed by atoms with Gasteiger partial charge in [-0.25, -0.2) is 14.4 Å². The Kier molecular flexibility index (Phi) is 11.6. The van der Waals surface area contributed by atoms with Crippen LogP contribution in [0.2, 0.25) is 0 Å². The Morgan fingerprint density at radius 3 is 2.41 bits per heavy atom. The van der Waals surface area contributed by atoms with E-state index in [1.54, 1.807) is 25.8 Å². The Hall–Kier alpha value is -4.88. The van der Waals surface area contributed by atoms with Crippen LogP contribution in [0, 0.1) is 11.3 Å². The first-order chi connectivity index (χ1) is 29.5. The topological polar surface area (TPSA) is 121 Å². The molecule has 0 aliphatic carbocycles. The summed E-state index contributed by atoms with van der Waals surface area (Å²) < 4.78 is 15.1. The van der Waals surface area contributed by atoms with Crippen LogP contribution in [0.4, 0.5) is 16.0 Å². The summed E-state index contributed by atoms with van der Waals surface area (Å²) in [5.74, 6) is 1.10. The van der Waals surface area contributed by atoms with Crippen molar-refractivity contribution in [2.45, 2.75) is 95.9 Å². The molecule has 2 N–H and O–H groups in total. The molecule has 2 aromatic carbocycles. The Balaban J connectivity index is 0.753. The van der Waals surface area contributed by atoms with Crippen LogP contribution in [0.15, 0.2) is 54.9 Å². The maximum atomic E-state index is 15.1. The summed E-state index contributed by atoms with van der Waals surface area (Å²) in [6, 6.07) is 13.8. The minimum absolute atomic E-state index is 0.120. The average molecular weight is 832 g/mol. The van der Waals surface area contributed by atoms with Gasteiger partial charge in [0.1, 0.15) is 18.0 Å². The van der Waals surface area contributed by atoms with Crippen molar-refractivity contribution in [3.8, 4) is 0 Å². The largest absolute Gasteiger partial charge is 0.372 e. The number of likely N-dealkylation sites (tertiary alicyclic amines) is 1. The van der Waals surface area contributed by atoms with Crippen molar-refractivity contribution in [2.75, 3.05) is 75.8 Å². The molecule has 2 atom stereocenters. The summed E-state index contributed by atoms with van der Waals surface area (Å²) in [7, 11) is 1.57. The van der Waals surface area contributed by atoms with Crippen molar-refractivity contribution < 1.29 is 18.8 Å². The number of carbonyl (C=O) groups is 3. The van der Waals surface area contributed by atoms with E-state index in [1.807, 2.05) is 18.5 Å². The lowest BCUT2D eigenvalue weighted by atomic mass is 9.71. The fraction of sp³-hybridized carbons (Fsp3) is 0.562. The summed E-state index contributed by atoms with van der Waals surface area (Å²) in [4.78, 5) is 61.9. The molecular weight excluding hydrogens is 770 g/mol. The van der Waals surface area contributed by atoms with Gasteiger partial charge in [-0.1, -0.05) is 18.2 Å². The molecule has 2 amide bonds. The number of para-hydroxylation sites is 1. The van der Waals surface area contributed by atoms with Gasteiger partial charge in [0.2, 0.25) is 11.9 Å². The standard InChI is InChI=1S/C48H62FN9O3/c1-47(2,49)32-57-21-14-39-38-7-4-5-8-40(38)53-42(39)43(57)35-28-51-46(52-29-35)56-24-17-48(18-25-56)15-22-54(23-16-48)30-33-12-19-55(20-13-33)36-10-11-37-34(27-36)31-58(45(37)61)41(9-6-26-59)44(60)50-3/h4-5,7-8,10-11,26-29,33,41,43,53H,6,9,12-25,30-32H2,1-3H3,(H,50,60). The Bertz CT molecular complexity index is 2210. The molecule has 2 aromatic heterocycles. The second-order valence-electron chi connectivity index (χ2n) is 19.1. The van der Waals surface area contributed by atoms with E-state index < -0.39 is 11.7 Å². The smallest absolute Gasteiger partial charge is 0.255 e. The molecule has 9 rings (SSSR count). The number of piperidine rings is 3. The zero-order chi connectivity index (χ0) is 42.3. The number of nitrogens with one attached hydrogen (secondary N) is 2. The SMILES string of the molecule is CNC(=O)C(CCC=O)N1Cc2cc(N3CCC(CN4CCC5(CC4)CCN(c4ncc(C6c7[nH]c8ccccc8c7CCN6CC(C)(C)F)cn4)CC5)CC3)ccc2C1=O. The Morgan fingerprint density at radius 1 is 0.984 bits per heavy atom. The third-order valence-corrected chi connectivity index (χ3v) is 14.6. The van der Waals surface area contributed by atoms with E-state index in [0.29, 0.717) is 36.4 Å². The van der Waals surface area contributed by atoms with E-state index in [0.717, 1.165) is 112 Å². The van der Waals surface area contributed by atoms with Crippen molar-refractivity contribution in [1.29, 1.82) is 0 Å². The molecule has 3 saturated heterocycles. The number of halogens is 1. The van der Waals surface area contributed by atoms with Crippen molar-refractivity contribution in [3.63, 3.8) is 0 Å². The number of hydrogen-bond donors (Lipinski definition) is 2. The fourth-order valence-electron chi connectivity index (χ4n) is 11.2. The summed E-state index contributed by atoms with van der Waals surface area (Å²) >= 11 is 0. The van der Waals surface area contributed by atoms with Gasteiger partial charge >= 0.3 is 0 Å². The number of likely N-dealkylation sites (N-methyl/N-ethyl adjacent to an activating group) is 1. The first kappa shape index (κ1) is 41.5.